The third-order valence-corrected chi connectivity index (χ3v) is 1.29. The van der Waals surface area contributed by atoms with E-state index in [1.165, 1.54) is 0 Å². The average molecular weight is 189 g/mol. The van der Waals surface area contributed by atoms with Crippen LogP contribution >= 0.6 is 0 Å². The van der Waals surface area contributed by atoms with Gasteiger partial charge in [0.25, 0.3) is 0 Å². The summed E-state index contributed by atoms with van der Waals surface area (Å²) in [6, 6.07) is -0.140. The minimum absolute atomic E-state index is 0.140. The Morgan fingerprint density at radius 2 is 1.92 bits per heavy atom. The lowest BCUT2D eigenvalue weighted by atomic mass is 10.3. The SMILES string of the molecule is CC(N)CC(=O)OCCOC(C)C. The lowest BCUT2D eigenvalue weighted by Gasteiger charge is -2.09. The van der Waals surface area contributed by atoms with E-state index < -0.39 is 0 Å². The Hall–Kier alpha value is -0.610. The van der Waals surface area contributed by atoms with Crippen LogP contribution < -0.4 is 5.73 Å². The minimum atomic E-state index is -0.262. The number of rotatable bonds is 6. The summed E-state index contributed by atoms with van der Waals surface area (Å²) in [5, 5.41) is 0. The maximum absolute atomic E-state index is 10.9. The lowest BCUT2D eigenvalue weighted by Crippen LogP contribution is -2.22. The highest BCUT2D eigenvalue weighted by Crippen LogP contribution is 1.92. The number of hydrogen-bond acceptors (Lipinski definition) is 4. The van der Waals surface area contributed by atoms with E-state index in [9.17, 15) is 4.79 Å². The molecule has 0 aromatic heterocycles. The summed E-state index contributed by atoms with van der Waals surface area (Å²) in [6.07, 6.45) is 0.439. The van der Waals surface area contributed by atoms with Gasteiger partial charge >= 0.3 is 5.97 Å². The highest BCUT2D eigenvalue weighted by atomic mass is 16.6. The molecule has 4 nitrogen and oxygen atoms in total. The molecule has 1 unspecified atom stereocenters. The second kappa shape index (κ2) is 6.86. The monoisotopic (exact) mass is 189 g/mol. The van der Waals surface area contributed by atoms with E-state index >= 15 is 0 Å². The number of ether oxygens (including phenoxy) is 2. The average Bonchev–Trinajstić information content (AvgIpc) is 1.96. The predicted octanol–water partition coefficient (Wildman–Crippen LogP) is 0.692. The molecule has 2 N–H and O–H groups in total. The van der Waals surface area contributed by atoms with E-state index in [0.29, 0.717) is 13.2 Å². The first-order valence-corrected chi connectivity index (χ1v) is 4.55. The molecule has 0 fully saturated rings. The van der Waals surface area contributed by atoms with Crippen LogP contribution in [0.3, 0.4) is 0 Å². The predicted molar refractivity (Wildman–Crippen MR) is 50.3 cm³/mol. The summed E-state index contributed by atoms with van der Waals surface area (Å²) in [7, 11) is 0. The molecule has 0 aromatic rings. The molecule has 0 saturated heterocycles. The van der Waals surface area contributed by atoms with Gasteiger partial charge in [0.1, 0.15) is 6.61 Å². The molecule has 78 valence electrons. The van der Waals surface area contributed by atoms with Gasteiger partial charge in [-0.05, 0) is 20.8 Å². The third-order valence-electron chi connectivity index (χ3n) is 1.29. The van der Waals surface area contributed by atoms with Gasteiger partial charge < -0.3 is 15.2 Å². The van der Waals surface area contributed by atoms with Crippen molar-refractivity contribution in [2.75, 3.05) is 13.2 Å². The Balaban J connectivity index is 3.27. The first-order chi connectivity index (χ1) is 6.02. The first-order valence-electron chi connectivity index (χ1n) is 4.55. The fourth-order valence-electron chi connectivity index (χ4n) is 0.761. The molecule has 0 heterocycles. The fourth-order valence-corrected chi connectivity index (χ4v) is 0.761. The summed E-state index contributed by atoms with van der Waals surface area (Å²) in [4.78, 5) is 10.9. The Morgan fingerprint density at radius 1 is 1.31 bits per heavy atom. The Labute approximate surface area is 79.4 Å². The van der Waals surface area contributed by atoms with Crippen molar-refractivity contribution in [1.29, 1.82) is 0 Å². The maximum atomic E-state index is 10.9. The number of carbonyl (C=O) groups is 1. The summed E-state index contributed by atoms with van der Waals surface area (Å²) >= 11 is 0. The highest BCUT2D eigenvalue weighted by Gasteiger charge is 2.05. The van der Waals surface area contributed by atoms with E-state index in [1.807, 2.05) is 13.8 Å². The minimum Gasteiger partial charge on any atom is -0.463 e. The largest absolute Gasteiger partial charge is 0.463 e. The molecule has 13 heavy (non-hydrogen) atoms. The van der Waals surface area contributed by atoms with Crippen LogP contribution in [0.4, 0.5) is 0 Å². The van der Waals surface area contributed by atoms with Gasteiger partial charge in [0.15, 0.2) is 0 Å². The van der Waals surface area contributed by atoms with Gasteiger partial charge in [-0.25, -0.2) is 0 Å². The Kier molecular flexibility index (Phi) is 6.54. The maximum Gasteiger partial charge on any atom is 0.307 e. The molecule has 0 bridgehead atoms. The first kappa shape index (κ1) is 12.4. The van der Waals surface area contributed by atoms with Crippen LogP contribution in [0.2, 0.25) is 0 Å². The molecule has 0 radical (unpaired) electrons. The second-order valence-electron chi connectivity index (χ2n) is 3.32. The van der Waals surface area contributed by atoms with E-state index in [4.69, 9.17) is 15.2 Å². The van der Waals surface area contributed by atoms with Gasteiger partial charge in [-0.2, -0.15) is 0 Å². The lowest BCUT2D eigenvalue weighted by molar-refractivity contribution is -0.145. The fraction of sp³-hybridized carbons (Fsp3) is 0.889. The van der Waals surface area contributed by atoms with Crippen LogP contribution in [0, 0.1) is 0 Å². The van der Waals surface area contributed by atoms with Crippen molar-refractivity contribution in [3.05, 3.63) is 0 Å². The van der Waals surface area contributed by atoms with Gasteiger partial charge in [0.05, 0.1) is 19.1 Å². The smallest absolute Gasteiger partial charge is 0.307 e. The number of esters is 1. The molecule has 0 spiro atoms. The van der Waals surface area contributed by atoms with Crippen LogP contribution in [0.25, 0.3) is 0 Å². The molecule has 0 aromatic carbocycles. The molecule has 1 atom stereocenters. The number of carbonyl (C=O) groups excluding carboxylic acids is 1. The summed E-state index contributed by atoms with van der Waals surface area (Å²) in [6.45, 7) is 6.39. The van der Waals surface area contributed by atoms with Crippen LogP contribution in [0.1, 0.15) is 27.2 Å². The topological polar surface area (TPSA) is 61.6 Å². The molecule has 0 rings (SSSR count). The molecular formula is C9H19NO3. The van der Waals surface area contributed by atoms with Gasteiger partial charge in [0, 0.05) is 6.04 Å². The van der Waals surface area contributed by atoms with Crippen molar-refractivity contribution in [1.82, 2.24) is 0 Å². The van der Waals surface area contributed by atoms with Crippen molar-refractivity contribution in [3.8, 4) is 0 Å². The van der Waals surface area contributed by atoms with Crippen LogP contribution in [-0.4, -0.2) is 31.3 Å². The zero-order valence-corrected chi connectivity index (χ0v) is 8.58. The molecule has 0 aliphatic carbocycles. The molecule has 0 aliphatic rings. The molecule has 0 aliphatic heterocycles. The van der Waals surface area contributed by atoms with E-state index in [1.54, 1.807) is 6.92 Å². The van der Waals surface area contributed by atoms with Gasteiger partial charge in [-0.1, -0.05) is 0 Å². The van der Waals surface area contributed by atoms with E-state index in [2.05, 4.69) is 0 Å². The number of nitrogens with two attached hydrogens (primary N) is 1. The summed E-state index contributed by atoms with van der Waals surface area (Å²) in [5.74, 6) is -0.262. The van der Waals surface area contributed by atoms with Gasteiger partial charge in [-0.3, -0.25) is 4.79 Å². The zero-order chi connectivity index (χ0) is 10.3. The van der Waals surface area contributed by atoms with Gasteiger partial charge in [0.2, 0.25) is 0 Å². The quantitative estimate of drug-likeness (QED) is 0.493. The van der Waals surface area contributed by atoms with Crippen LogP contribution in [-0.2, 0) is 14.3 Å². The summed E-state index contributed by atoms with van der Waals surface area (Å²) in [5.41, 5.74) is 5.41. The number of hydrogen-bond donors (Lipinski definition) is 1. The van der Waals surface area contributed by atoms with E-state index in [-0.39, 0.29) is 24.5 Å². The van der Waals surface area contributed by atoms with Crippen molar-refractivity contribution >= 4 is 5.97 Å². The Morgan fingerprint density at radius 3 is 2.38 bits per heavy atom. The second-order valence-corrected chi connectivity index (χ2v) is 3.32. The van der Waals surface area contributed by atoms with Crippen LogP contribution in [0.15, 0.2) is 0 Å². The molecule has 0 amide bonds. The Bertz CT molecular complexity index is 146. The molecule has 4 heteroatoms. The van der Waals surface area contributed by atoms with E-state index in [0.717, 1.165) is 0 Å². The highest BCUT2D eigenvalue weighted by molar-refractivity contribution is 5.69. The van der Waals surface area contributed by atoms with Crippen molar-refractivity contribution in [2.45, 2.75) is 39.3 Å². The molecular weight excluding hydrogens is 170 g/mol. The van der Waals surface area contributed by atoms with Crippen molar-refractivity contribution < 1.29 is 14.3 Å². The van der Waals surface area contributed by atoms with Gasteiger partial charge in [-0.15, -0.1) is 0 Å². The van der Waals surface area contributed by atoms with Crippen molar-refractivity contribution in [3.63, 3.8) is 0 Å². The molecule has 0 saturated carbocycles. The standard InChI is InChI=1S/C9H19NO3/c1-7(2)12-4-5-13-9(11)6-8(3)10/h7-8H,4-6,10H2,1-3H3. The summed E-state index contributed by atoms with van der Waals surface area (Å²) < 4.78 is 10.0. The third kappa shape index (κ3) is 9.30. The van der Waals surface area contributed by atoms with Crippen LogP contribution in [0.5, 0.6) is 0 Å². The van der Waals surface area contributed by atoms with Crippen molar-refractivity contribution in [2.24, 2.45) is 5.73 Å². The normalized spacial score (nSPS) is 13.0. The zero-order valence-electron chi connectivity index (χ0n) is 8.58.